The van der Waals surface area contributed by atoms with Crippen molar-refractivity contribution >= 4 is 28.5 Å². The molecular weight excluding hydrogens is 511 g/mol. The Hall–Kier alpha value is -1.49. The lowest BCUT2D eigenvalue weighted by molar-refractivity contribution is -0.120. The third-order valence-electron chi connectivity index (χ3n) is 9.06. The van der Waals surface area contributed by atoms with E-state index in [1.807, 2.05) is 35.2 Å². The van der Waals surface area contributed by atoms with Crippen molar-refractivity contribution in [1.82, 2.24) is 4.90 Å². The lowest BCUT2D eigenvalue weighted by Gasteiger charge is -2.51. The fraction of sp³-hybridized carbons (Fsp3) is 0.733. The summed E-state index contributed by atoms with van der Waals surface area (Å²) in [5, 5.41) is 0.0983. The number of likely N-dealkylation sites (tertiary alicyclic amines) is 1. The van der Waals surface area contributed by atoms with Gasteiger partial charge in [-0.3, -0.25) is 9.69 Å². The van der Waals surface area contributed by atoms with E-state index in [1.165, 1.54) is 0 Å². The summed E-state index contributed by atoms with van der Waals surface area (Å²) in [6.07, 6.45) is 0.443. The normalized spacial score (nSPS) is 23.3. The van der Waals surface area contributed by atoms with E-state index in [9.17, 15) is 9.59 Å². The highest BCUT2D eigenvalue weighted by Crippen LogP contribution is 2.42. The predicted molar refractivity (Wildman–Crippen MR) is 160 cm³/mol. The Morgan fingerprint density at radius 3 is 2.00 bits per heavy atom. The number of hydrogen-bond donors (Lipinski definition) is 0. The Kier molecular flexibility index (Phi) is 10.6. The van der Waals surface area contributed by atoms with Gasteiger partial charge in [0, 0.05) is 18.4 Å². The van der Waals surface area contributed by atoms with Gasteiger partial charge in [0.2, 0.25) is 0 Å². The fourth-order valence-electron chi connectivity index (χ4n) is 4.41. The second-order valence-electron chi connectivity index (χ2n) is 14.2. The fourth-order valence-corrected chi connectivity index (χ4v) is 6.85. The highest BCUT2D eigenvalue weighted by Gasteiger charge is 2.49. The monoisotopic (exact) mass is 563 g/mol. The van der Waals surface area contributed by atoms with E-state index in [4.69, 9.17) is 13.6 Å². The molecule has 0 bridgehead atoms. The van der Waals surface area contributed by atoms with Crippen molar-refractivity contribution in [1.29, 1.82) is 0 Å². The number of carbonyl (C=O) groups excluding carboxylic acids is 2. The first-order valence-electron chi connectivity index (χ1n) is 14.1. The maximum absolute atomic E-state index is 13.7. The van der Waals surface area contributed by atoms with Crippen LogP contribution < -0.4 is 0 Å². The molecule has 216 valence electrons. The SMILES string of the molecule is CC(=O)C[C@H]1C[C@H](O[Si](C)(C)C(C)(C)C)[C@H](C)[C@@H](CO[Si](C)(C)C(C)(C)C)N1C(=O)OCc1ccccc1. The van der Waals surface area contributed by atoms with Gasteiger partial charge < -0.3 is 13.6 Å². The molecule has 1 aliphatic heterocycles. The third-order valence-corrected chi connectivity index (χ3v) is 18.1. The third kappa shape index (κ3) is 8.26. The van der Waals surface area contributed by atoms with E-state index < -0.39 is 16.6 Å². The summed E-state index contributed by atoms with van der Waals surface area (Å²) in [6, 6.07) is 9.15. The number of ketones is 1. The molecule has 1 fully saturated rings. The van der Waals surface area contributed by atoms with Gasteiger partial charge in [-0.15, -0.1) is 0 Å². The Morgan fingerprint density at radius 1 is 0.947 bits per heavy atom. The van der Waals surface area contributed by atoms with Crippen LogP contribution in [0.25, 0.3) is 0 Å². The minimum Gasteiger partial charge on any atom is -0.445 e. The van der Waals surface area contributed by atoms with Crippen LogP contribution in [0, 0.1) is 5.92 Å². The molecule has 4 atom stereocenters. The molecule has 0 aromatic heterocycles. The quantitative estimate of drug-likeness (QED) is 0.287. The summed E-state index contributed by atoms with van der Waals surface area (Å²) in [4.78, 5) is 27.9. The molecule has 1 aromatic rings. The summed E-state index contributed by atoms with van der Waals surface area (Å²) in [7, 11) is -4.17. The summed E-state index contributed by atoms with van der Waals surface area (Å²) < 4.78 is 19.5. The number of rotatable bonds is 9. The topological polar surface area (TPSA) is 65.1 Å². The smallest absolute Gasteiger partial charge is 0.410 e. The molecule has 1 saturated heterocycles. The number of hydrogen-bond acceptors (Lipinski definition) is 5. The van der Waals surface area contributed by atoms with Crippen molar-refractivity contribution in [2.45, 2.75) is 129 Å². The van der Waals surface area contributed by atoms with Crippen LogP contribution in [-0.4, -0.2) is 58.2 Å². The number of ether oxygens (including phenoxy) is 1. The minimum absolute atomic E-state index is 0.0291. The molecule has 1 heterocycles. The van der Waals surface area contributed by atoms with Gasteiger partial charge in [0.05, 0.1) is 18.8 Å². The molecule has 1 aliphatic rings. The second kappa shape index (κ2) is 12.4. The zero-order valence-electron chi connectivity index (χ0n) is 26.0. The standard InChI is InChI=1S/C30H53NO5Si2/c1-22(32)18-25-19-27(36-38(11,12)30(6,7)8)23(2)26(21-35-37(9,10)29(3,4)5)31(25)28(33)34-20-24-16-14-13-15-17-24/h13-17,23,25-27H,18-21H2,1-12H3/t23-,25+,26-,27+/m1/s1. The van der Waals surface area contributed by atoms with E-state index in [2.05, 4.69) is 74.7 Å². The van der Waals surface area contributed by atoms with Crippen LogP contribution in [0.1, 0.15) is 73.8 Å². The molecule has 6 nitrogen and oxygen atoms in total. The Labute approximate surface area is 234 Å². The molecule has 0 aliphatic carbocycles. The largest absolute Gasteiger partial charge is 0.445 e. The first-order valence-corrected chi connectivity index (χ1v) is 19.9. The molecule has 0 saturated carbocycles. The van der Waals surface area contributed by atoms with Gasteiger partial charge in [0.1, 0.15) is 12.4 Å². The van der Waals surface area contributed by atoms with Gasteiger partial charge in [0.25, 0.3) is 0 Å². The molecule has 8 heteroatoms. The zero-order valence-corrected chi connectivity index (χ0v) is 28.0. The van der Waals surface area contributed by atoms with Gasteiger partial charge in [-0.2, -0.15) is 0 Å². The van der Waals surface area contributed by atoms with E-state index in [0.717, 1.165) is 5.56 Å². The van der Waals surface area contributed by atoms with Gasteiger partial charge in [-0.1, -0.05) is 78.8 Å². The Bertz CT molecular complexity index is 936. The van der Waals surface area contributed by atoms with Gasteiger partial charge in [-0.05, 0) is 55.2 Å². The number of amides is 1. The molecular formula is C30H53NO5Si2. The molecule has 0 spiro atoms. The molecule has 0 radical (unpaired) electrons. The van der Waals surface area contributed by atoms with E-state index in [1.54, 1.807) is 6.92 Å². The van der Waals surface area contributed by atoms with E-state index in [-0.39, 0.29) is 59.1 Å². The molecule has 2 rings (SSSR count). The van der Waals surface area contributed by atoms with Crippen molar-refractivity contribution in [2.24, 2.45) is 5.92 Å². The number of nitrogens with zero attached hydrogens (tertiary/aromatic N) is 1. The highest BCUT2D eigenvalue weighted by atomic mass is 28.4. The number of piperidine rings is 1. The van der Waals surface area contributed by atoms with Crippen molar-refractivity contribution in [3.05, 3.63) is 35.9 Å². The maximum atomic E-state index is 13.7. The van der Waals surface area contributed by atoms with Crippen LogP contribution >= 0.6 is 0 Å². The van der Waals surface area contributed by atoms with Crippen LogP contribution in [0.15, 0.2) is 30.3 Å². The maximum Gasteiger partial charge on any atom is 0.410 e. The summed E-state index contributed by atoms with van der Waals surface area (Å²) >= 11 is 0. The van der Waals surface area contributed by atoms with Crippen LogP contribution in [-0.2, 0) is 25.0 Å². The molecule has 1 amide bonds. The van der Waals surface area contributed by atoms with Gasteiger partial charge in [-0.25, -0.2) is 4.79 Å². The second-order valence-corrected chi connectivity index (χ2v) is 23.7. The first kappa shape index (κ1) is 32.7. The number of carbonyl (C=O) groups is 2. The molecule has 0 unspecified atom stereocenters. The average molecular weight is 564 g/mol. The predicted octanol–water partition coefficient (Wildman–Crippen LogP) is 7.79. The lowest BCUT2D eigenvalue weighted by atomic mass is 9.83. The van der Waals surface area contributed by atoms with Crippen molar-refractivity contribution < 1.29 is 23.2 Å². The number of Topliss-reactive ketones (excluding diaryl/α,β-unsaturated/α-hetero) is 1. The minimum atomic E-state index is -2.08. The van der Waals surface area contributed by atoms with Crippen molar-refractivity contribution in [3.8, 4) is 0 Å². The number of benzene rings is 1. The zero-order chi connectivity index (χ0) is 29.1. The van der Waals surface area contributed by atoms with Gasteiger partial charge >= 0.3 is 6.09 Å². The molecule has 1 aromatic carbocycles. The van der Waals surface area contributed by atoms with Crippen molar-refractivity contribution in [3.63, 3.8) is 0 Å². The van der Waals surface area contributed by atoms with E-state index in [0.29, 0.717) is 13.0 Å². The van der Waals surface area contributed by atoms with E-state index >= 15 is 0 Å². The van der Waals surface area contributed by atoms with Crippen molar-refractivity contribution in [2.75, 3.05) is 6.61 Å². The molecule has 38 heavy (non-hydrogen) atoms. The van der Waals surface area contributed by atoms with Crippen LogP contribution in [0.3, 0.4) is 0 Å². The summed E-state index contributed by atoms with van der Waals surface area (Å²) in [5.74, 6) is 0.0851. The highest BCUT2D eigenvalue weighted by molar-refractivity contribution is 6.74. The van der Waals surface area contributed by atoms with Gasteiger partial charge in [0.15, 0.2) is 16.6 Å². The molecule has 0 N–H and O–H groups in total. The summed E-state index contributed by atoms with van der Waals surface area (Å²) in [6.45, 7) is 26.7. The lowest BCUT2D eigenvalue weighted by Crippen LogP contribution is -2.62. The Balaban J connectivity index is 2.43. The summed E-state index contributed by atoms with van der Waals surface area (Å²) in [5.41, 5.74) is 0.933. The van der Waals surface area contributed by atoms with Crippen LogP contribution in [0.5, 0.6) is 0 Å². The Morgan fingerprint density at radius 2 is 1.50 bits per heavy atom. The average Bonchev–Trinajstić information content (AvgIpc) is 2.77. The van der Waals surface area contributed by atoms with Crippen LogP contribution in [0.2, 0.25) is 36.3 Å². The van der Waals surface area contributed by atoms with Crippen LogP contribution in [0.4, 0.5) is 4.79 Å². The first-order chi connectivity index (χ1) is 17.3.